The molecule has 2 fully saturated rings. The van der Waals surface area contributed by atoms with Gasteiger partial charge in [-0.1, -0.05) is 12.8 Å². The number of hydrogen-bond acceptors (Lipinski definition) is 7. The molecule has 2 aliphatic rings. The molecule has 0 spiro atoms. The molecule has 1 aliphatic heterocycles. The molecule has 3 unspecified atom stereocenters. The van der Waals surface area contributed by atoms with Crippen molar-refractivity contribution in [2.24, 2.45) is 5.92 Å². The van der Waals surface area contributed by atoms with Crippen LogP contribution in [0.15, 0.2) is 6.33 Å². The summed E-state index contributed by atoms with van der Waals surface area (Å²) in [5.74, 6) is 1.51. The number of hydrogen-bond donors (Lipinski definition) is 4. The number of nitrogens with zero attached hydrogens (tertiary/aromatic N) is 5. The van der Waals surface area contributed by atoms with Gasteiger partial charge in [-0.25, -0.2) is 9.19 Å². The fraction of sp³-hybridized carbons (Fsp3) is 0.722. The van der Waals surface area contributed by atoms with Crippen molar-refractivity contribution in [2.45, 2.75) is 57.7 Å². The first-order valence-corrected chi connectivity index (χ1v) is 11.4. The van der Waals surface area contributed by atoms with E-state index < -0.39 is 11.3 Å². The normalized spacial score (nSPS) is 22.9. The predicted octanol–water partition coefficient (Wildman–Crippen LogP) is 1.43. The summed E-state index contributed by atoms with van der Waals surface area (Å²) >= 11 is -1.96. The lowest BCUT2D eigenvalue weighted by atomic mass is 9.99. The molecule has 2 aromatic rings. The minimum absolute atomic E-state index is 0.00676. The summed E-state index contributed by atoms with van der Waals surface area (Å²) in [7, 11) is 0. The van der Waals surface area contributed by atoms with Crippen LogP contribution in [0.4, 0.5) is 11.8 Å². The monoisotopic (exact) mass is 423 g/mol. The quantitative estimate of drug-likeness (QED) is 0.470. The predicted molar refractivity (Wildman–Crippen MR) is 112 cm³/mol. The van der Waals surface area contributed by atoms with Crippen LogP contribution in [0.5, 0.6) is 0 Å². The van der Waals surface area contributed by atoms with Gasteiger partial charge in [0.05, 0.1) is 19.0 Å². The highest BCUT2D eigenvalue weighted by Gasteiger charge is 2.28. The lowest BCUT2D eigenvalue weighted by Gasteiger charge is -2.23. The zero-order valence-corrected chi connectivity index (χ0v) is 17.4. The van der Waals surface area contributed by atoms with Crippen molar-refractivity contribution < 1.29 is 13.9 Å². The van der Waals surface area contributed by atoms with Gasteiger partial charge in [-0.3, -0.25) is 4.55 Å². The summed E-state index contributed by atoms with van der Waals surface area (Å²) in [6.45, 7) is 3.83. The third kappa shape index (κ3) is 4.37. The zero-order valence-electron chi connectivity index (χ0n) is 16.6. The molecule has 0 radical (unpaired) electrons. The standard InChI is InChI=1S/C18H29N7O3S/c1-2-24-11-19-15-16(20-13-7-8-25(9-13)29(27)28)22-18(23-17(15)24)21-14(10-26)12-5-3-4-6-12/h11-14,26H,2-10H2,1H3,(H,27,28)(H2,20,21,22,23). The van der Waals surface area contributed by atoms with Gasteiger partial charge in [0.15, 0.2) is 17.0 Å². The Morgan fingerprint density at radius 1 is 1.31 bits per heavy atom. The smallest absolute Gasteiger partial charge is 0.234 e. The van der Waals surface area contributed by atoms with Crippen LogP contribution in [-0.4, -0.2) is 69.5 Å². The van der Waals surface area contributed by atoms with Crippen molar-refractivity contribution in [3.8, 4) is 0 Å². The molecule has 29 heavy (non-hydrogen) atoms. The van der Waals surface area contributed by atoms with Crippen LogP contribution in [0.2, 0.25) is 0 Å². The van der Waals surface area contributed by atoms with E-state index in [1.807, 2.05) is 11.5 Å². The van der Waals surface area contributed by atoms with E-state index in [0.717, 1.165) is 31.5 Å². The van der Waals surface area contributed by atoms with Crippen LogP contribution in [0.1, 0.15) is 39.0 Å². The summed E-state index contributed by atoms with van der Waals surface area (Å²) < 4.78 is 24.1. The Morgan fingerprint density at radius 3 is 2.76 bits per heavy atom. The third-order valence-electron chi connectivity index (χ3n) is 6.00. The van der Waals surface area contributed by atoms with E-state index >= 15 is 0 Å². The Labute approximate surface area is 172 Å². The second kappa shape index (κ2) is 8.90. The number of fused-ring (bicyclic) bond motifs is 1. The van der Waals surface area contributed by atoms with E-state index in [4.69, 9.17) is 0 Å². The first kappa shape index (κ1) is 20.5. The molecule has 3 atom stereocenters. The number of anilines is 2. The van der Waals surface area contributed by atoms with E-state index in [0.29, 0.717) is 36.3 Å². The second-order valence-electron chi connectivity index (χ2n) is 7.83. The number of nitrogens with one attached hydrogen (secondary N) is 2. The number of aryl methyl sites for hydroxylation is 1. The van der Waals surface area contributed by atoms with Crippen LogP contribution in [0.3, 0.4) is 0 Å². The van der Waals surface area contributed by atoms with Gasteiger partial charge >= 0.3 is 0 Å². The number of rotatable bonds is 8. The van der Waals surface area contributed by atoms with E-state index in [9.17, 15) is 13.9 Å². The summed E-state index contributed by atoms with van der Waals surface area (Å²) in [6, 6.07) is -0.0631. The van der Waals surface area contributed by atoms with E-state index in [2.05, 4.69) is 25.6 Å². The summed E-state index contributed by atoms with van der Waals surface area (Å²) in [4.78, 5) is 13.8. The number of imidazole rings is 1. The average molecular weight is 424 g/mol. The largest absolute Gasteiger partial charge is 0.394 e. The maximum Gasteiger partial charge on any atom is 0.234 e. The minimum atomic E-state index is -1.96. The van der Waals surface area contributed by atoms with Crippen LogP contribution in [-0.2, 0) is 17.8 Å². The molecule has 4 rings (SSSR count). The van der Waals surface area contributed by atoms with Gasteiger partial charge in [0.25, 0.3) is 0 Å². The highest BCUT2D eigenvalue weighted by molar-refractivity contribution is 7.76. The third-order valence-corrected chi connectivity index (χ3v) is 6.77. The van der Waals surface area contributed by atoms with Crippen LogP contribution < -0.4 is 10.6 Å². The van der Waals surface area contributed by atoms with Crippen molar-refractivity contribution in [3.63, 3.8) is 0 Å². The molecular weight excluding hydrogens is 394 g/mol. The molecule has 11 heteroatoms. The topological polar surface area (TPSA) is 128 Å². The lowest BCUT2D eigenvalue weighted by molar-refractivity contribution is 0.238. The molecule has 4 N–H and O–H groups in total. The van der Waals surface area contributed by atoms with Crippen molar-refractivity contribution in [3.05, 3.63) is 6.33 Å². The lowest BCUT2D eigenvalue weighted by Crippen LogP contribution is -2.32. The fourth-order valence-electron chi connectivity index (χ4n) is 4.36. The highest BCUT2D eigenvalue weighted by Crippen LogP contribution is 2.30. The van der Waals surface area contributed by atoms with Crippen molar-refractivity contribution in [1.82, 2.24) is 23.8 Å². The van der Waals surface area contributed by atoms with Crippen molar-refractivity contribution in [2.75, 3.05) is 30.3 Å². The van der Waals surface area contributed by atoms with Gasteiger partial charge in [0, 0.05) is 25.7 Å². The van der Waals surface area contributed by atoms with Crippen LogP contribution in [0.25, 0.3) is 11.2 Å². The van der Waals surface area contributed by atoms with Crippen molar-refractivity contribution >= 4 is 34.2 Å². The Hall–Kier alpha value is -1.82. The average Bonchev–Trinajstić information content (AvgIpc) is 3.46. The number of aromatic nitrogens is 4. The molecule has 1 saturated carbocycles. The van der Waals surface area contributed by atoms with Gasteiger partial charge in [-0.2, -0.15) is 14.3 Å². The van der Waals surface area contributed by atoms with E-state index in [-0.39, 0.29) is 18.7 Å². The molecule has 2 aromatic heterocycles. The SMILES string of the molecule is CCn1cnc2c(NC3CCN(S(=O)O)C3)nc(NC(CO)C3CCCC3)nc21. The molecular formula is C18H29N7O3S. The number of aliphatic hydroxyl groups is 1. The molecule has 1 saturated heterocycles. The van der Waals surface area contributed by atoms with E-state index in [1.165, 1.54) is 17.1 Å². The maximum atomic E-state index is 11.3. The first-order chi connectivity index (χ1) is 14.1. The zero-order chi connectivity index (χ0) is 20.4. The summed E-state index contributed by atoms with van der Waals surface area (Å²) in [5, 5.41) is 16.6. The molecule has 10 nitrogen and oxygen atoms in total. The van der Waals surface area contributed by atoms with Crippen LogP contribution in [0, 0.1) is 5.92 Å². The molecule has 0 aromatic carbocycles. The molecule has 0 bridgehead atoms. The van der Waals surface area contributed by atoms with E-state index in [1.54, 1.807) is 6.33 Å². The molecule has 1 aliphatic carbocycles. The summed E-state index contributed by atoms with van der Waals surface area (Å²) in [5.41, 5.74) is 1.42. The Kier molecular flexibility index (Phi) is 6.28. The fourth-order valence-corrected chi connectivity index (χ4v) is 4.93. The van der Waals surface area contributed by atoms with Gasteiger partial charge in [-0.15, -0.1) is 0 Å². The highest BCUT2D eigenvalue weighted by atomic mass is 32.2. The Balaban J connectivity index is 1.60. The van der Waals surface area contributed by atoms with Crippen LogP contribution >= 0.6 is 0 Å². The molecule has 3 heterocycles. The maximum absolute atomic E-state index is 11.3. The molecule has 160 valence electrons. The molecule has 0 amide bonds. The van der Waals surface area contributed by atoms with Crippen molar-refractivity contribution in [1.29, 1.82) is 0 Å². The summed E-state index contributed by atoms with van der Waals surface area (Å²) in [6.07, 6.45) is 7.10. The van der Waals surface area contributed by atoms with Gasteiger partial charge < -0.3 is 20.3 Å². The number of aliphatic hydroxyl groups excluding tert-OH is 1. The second-order valence-corrected chi connectivity index (χ2v) is 8.80. The Bertz CT molecular complexity index is 871. The minimum Gasteiger partial charge on any atom is -0.394 e. The van der Waals surface area contributed by atoms with Gasteiger partial charge in [0.2, 0.25) is 17.2 Å². The van der Waals surface area contributed by atoms with Gasteiger partial charge in [0.1, 0.15) is 0 Å². The first-order valence-electron chi connectivity index (χ1n) is 10.3. The van der Waals surface area contributed by atoms with Gasteiger partial charge in [-0.05, 0) is 32.1 Å². The Morgan fingerprint density at radius 2 is 2.10 bits per heavy atom.